The van der Waals surface area contributed by atoms with E-state index < -0.39 is 0 Å². The standard InChI is InChI=1S/C10H13N5O/c1-16-9-4-2-8(3-5-9)11-7-6-10-12-14-15-13-10/h2-5,11H,6-7H2,1H3,(H,12,13,14,15). The van der Waals surface area contributed by atoms with Gasteiger partial charge in [0.05, 0.1) is 7.11 Å². The van der Waals surface area contributed by atoms with Crippen LogP contribution in [0.5, 0.6) is 5.75 Å². The fourth-order valence-corrected chi connectivity index (χ4v) is 1.32. The molecule has 0 unspecified atom stereocenters. The van der Waals surface area contributed by atoms with Crippen molar-refractivity contribution in [2.24, 2.45) is 0 Å². The summed E-state index contributed by atoms with van der Waals surface area (Å²) in [6, 6.07) is 7.76. The van der Waals surface area contributed by atoms with Crippen LogP contribution in [0.3, 0.4) is 0 Å². The minimum absolute atomic E-state index is 0.709. The number of aromatic amines is 1. The largest absolute Gasteiger partial charge is 0.497 e. The molecule has 2 N–H and O–H groups in total. The van der Waals surface area contributed by atoms with E-state index in [1.54, 1.807) is 7.11 Å². The third-order valence-corrected chi connectivity index (χ3v) is 2.16. The summed E-state index contributed by atoms with van der Waals surface area (Å²) >= 11 is 0. The van der Waals surface area contributed by atoms with E-state index >= 15 is 0 Å². The van der Waals surface area contributed by atoms with Gasteiger partial charge in [0.1, 0.15) is 5.75 Å². The van der Waals surface area contributed by atoms with Crippen molar-refractivity contribution in [3.8, 4) is 5.75 Å². The van der Waals surface area contributed by atoms with Crippen LogP contribution in [-0.4, -0.2) is 34.3 Å². The molecule has 84 valence electrons. The van der Waals surface area contributed by atoms with Crippen molar-refractivity contribution < 1.29 is 4.74 Å². The van der Waals surface area contributed by atoms with Gasteiger partial charge in [0.25, 0.3) is 0 Å². The van der Waals surface area contributed by atoms with E-state index in [0.717, 1.165) is 24.4 Å². The highest BCUT2D eigenvalue weighted by Crippen LogP contribution is 2.14. The van der Waals surface area contributed by atoms with Gasteiger partial charge in [-0.05, 0) is 24.3 Å². The van der Waals surface area contributed by atoms with Crippen molar-refractivity contribution in [1.82, 2.24) is 20.6 Å². The number of anilines is 1. The number of benzene rings is 1. The van der Waals surface area contributed by atoms with Crippen LogP contribution in [0.1, 0.15) is 5.82 Å². The molecule has 2 aromatic rings. The predicted octanol–water partition coefficient (Wildman–Crippen LogP) is 0.863. The van der Waals surface area contributed by atoms with Crippen molar-refractivity contribution >= 4 is 5.69 Å². The Morgan fingerprint density at radius 1 is 1.31 bits per heavy atom. The maximum Gasteiger partial charge on any atom is 0.176 e. The molecule has 0 saturated heterocycles. The van der Waals surface area contributed by atoms with Crippen LogP contribution in [0.25, 0.3) is 0 Å². The lowest BCUT2D eigenvalue weighted by Gasteiger charge is -2.05. The Morgan fingerprint density at radius 3 is 2.75 bits per heavy atom. The molecule has 0 aliphatic heterocycles. The molecule has 0 aliphatic carbocycles. The zero-order chi connectivity index (χ0) is 11.2. The Labute approximate surface area is 93.0 Å². The average molecular weight is 219 g/mol. The second-order valence-corrected chi connectivity index (χ2v) is 3.23. The van der Waals surface area contributed by atoms with Crippen LogP contribution in [-0.2, 0) is 6.42 Å². The molecule has 0 saturated carbocycles. The molecule has 0 amide bonds. The summed E-state index contributed by atoms with van der Waals surface area (Å²) in [5.74, 6) is 1.56. The third-order valence-electron chi connectivity index (χ3n) is 2.16. The Balaban J connectivity index is 1.81. The Bertz CT molecular complexity index is 411. The van der Waals surface area contributed by atoms with E-state index in [-0.39, 0.29) is 0 Å². The number of hydrogen-bond donors (Lipinski definition) is 2. The van der Waals surface area contributed by atoms with E-state index in [1.165, 1.54) is 0 Å². The van der Waals surface area contributed by atoms with Gasteiger partial charge in [-0.25, -0.2) is 0 Å². The lowest BCUT2D eigenvalue weighted by Crippen LogP contribution is -2.05. The first-order valence-electron chi connectivity index (χ1n) is 4.99. The van der Waals surface area contributed by atoms with Gasteiger partial charge in [-0.3, -0.25) is 0 Å². The molecular formula is C10H13N5O. The predicted molar refractivity (Wildman–Crippen MR) is 59.4 cm³/mol. The van der Waals surface area contributed by atoms with Gasteiger partial charge in [0.2, 0.25) is 0 Å². The smallest absolute Gasteiger partial charge is 0.176 e. The molecular weight excluding hydrogens is 206 g/mol. The van der Waals surface area contributed by atoms with Gasteiger partial charge in [-0.2, -0.15) is 5.21 Å². The molecule has 6 heteroatoms. The van der Waals surface area contributed by atoms with Gasteiger partial charge in [0.15, 0.2) is 5.82 Å². The summed E-state index contributed by atoms with van der Waals surface area (Å²) in [4.78, 5) is 0. The number of rotatable bonds is 5. The van der Waals surface area contributed by atoms with Crippen LogP contribution >= 0.6 is 0 Å². The topological polar surface area (TPSA) is 75.7 Å². The number of hydrogen-bond acceptors (Lipinski definition) is 5. The third kappa shape index (κ3) is 2.69. The fraction of sp³-hybridized carbons (Fsp3) is 0.300. The van der Waals surface area contributed by atoms with Crippen LogP contribution in [0, 0.1) is 0 Å². The SMILES string of the molecule is COc1ccc(NCCc2nn[nH]n2)cc1. The summed E-state index contributed by atoms with van der Waals surface area (Å²) in [5.41, 5.74) is 1.05. The summed E-state index contributed by atoms with van der Waals surface area (Å²) < 4.78 is 5.07. The monoisotopic (exact) mass is 219 g/mol. The van der Waals surface area contributed by atoms with E-state index in [4.69, 9.17) is 4.74 Å². The molecule has 2 rings (SSSR count). The molecule has 1 heterocycles. The summed E-state index contributed by atoms with van der Waals surface area (Å²) in [6.07, 6.45) is 0.739. The van der Waals surface area contributed by atoms with Crippen LogP contribution in [0.15, 0.2) is 24.3 Å². The van der Waals surface area contributed by atoms with E-state index in [1.807, 2.05) is 24.3 Å². The maximum absolute atomic E-state index is 5.07. The zero-order valence-corrected chi connectivity index (χ0v) is 8.97. The molecule has 16 heavy (non-hydrogen) atoms. The molecule has 1 aromatic heterocycles. The average Bonchev–Trinajstić information content (AvgIpc) is 2.83. The van der Waals surface area contributed by atoms with Crippen LogP contribution in [0.4, 0.5) is 5.69 Å². The first-order valence-corrected chi connectivity index (χ1v) is 4.99. The lowest BCUT2D eigenvalue weighted by molar-refractivity contribution is 0.415. The van der Waals surface area contributed by atoms with E-state index in [2.05, 4.69) is 25.9 Å². The van der Waals surface area contributed by atoms with Gasteiger partial charge in [0, 0.05) is 18.7 Å². The second-order valence-electron chi connectivity index (χ2n) is 3.23. The summed E-state index contributed by atoms with van der Waals surface area (Å²) in [5, 5.41) is 16.9. The van der Waals surface area contributed by atoms with Crippen molar-refractivity contribution in [3.63, 3.8) is 0 Å². The van der Waals surface area contributed by atoms with Crippen molar-refractivity contribution in [2.75, 3.05) is 19.0 Å². The summed E-state index contributed by atoms with van der Waals surface area (Å²) in [7, 11) is 1.65. The van der Waals surface area contributed by atoms with Gasteiger partial charge >= 0.3 is 0 Å². The molecule has 0 atom stereocenters. The van der Waals surface area contributed by atoms with Gasteiger partial charge in [-0.1, -0.05) is 5.21 Å². The molecule has 0 radical (unpaired) electrons. The fourth-order valence-electron chi connectivity index (χ4n) is 1.32. The number of nitrogens with one attached hydrogen (secondary N) is 2. The quantitative estimate of drug-likeness (QED) is 0.780. The van der Waals surface area contributed by atoms with E-state index in [0.29, 0.717) is 5.82 Å². The van der Waals surface area contributed by atoms with Gasteiger partial charge in [-0.15, -0.1) is 10.2 Å². The molecule has 0 bridgehead atoms. The van der Waals surface area contributed by atoms with Crippen molar-refractivity contribution in [1.29, 1.82) is 0 Å². The molecule has 0 aliphatic rings. The molecule has 0 spiro atoms. The Morgan fingerprint density at radius 2 is 2.12 bits per heavy atom. The highest BCUT2D eigenvalue weighted by molar-refractivity contribution is 5.46. The van der Waals surface area contributed by atoms with Crippen LogP contribution in [0.2, 0.25) is 0 Å². The second kappa shape index (κ2) is 5.11. The Hall–Kier alpha value is -2.11. The highest BCUT2D eigenvalue weighted by atomic mass is 16.5. The number of ether oxygens (including phenoxy) is 1. The number of tetrazole rings is 1. The number of aromatic nitrogens is 4. The van der Waals surface area contributed by atoms with E-state index in [9.17, 15) is 0 Å². The number of H-pyrrole nitrogens is 1. The van der Waals surface area contributed by atoms with Crippen molar-refractivity contribution in [2.45, 2.75) is 6.42 Å². The molecule has 6 nitrogen and oxygen atoms in total. The minimum atomic E-state index is 0.709. The maximum atomic E-state index is 5.07. The van der Waals surface area contributed by atoms with Crippen LogP contribution < -0.4 is 10.1 Å². The lowest BCUT2D eigenvalue weighted by atomic mass is 10.3. The first kappa shape index (κ1) is 10.4. The molecule has 1 aromatic carbocycles. The normalized spacial score (nSPS) is 10.1. The highest BCUT2D eigenvalue weighted by Gasteiger charge is 1.98. The molecule has 0 fully saturated rings. The number of methoxy groups -OCH3 is 1. The Kier molecular flexibility index (Phi) is 3.32. The van der Waals surface area contributed by atoms with Gasteiger partial charge < -0.3 is 10.1 Å². The first-order chi connectivity index (χ1) is 7.88. The number of nitrogens with zero attached hydrogens (tertiary/aromatic N) is 3. The zero-order valence-electron chi connectivity index (χ0n) is 8.97. The summed E-state index contributed by atoms with van der Waals surface area (Å²) in [6.45, 7) is 0.770. The van der Waals surface area contributed by atoms with Crippen molar-refractivity contribution in [3.05, 3.63) is 30.1 Å². The minimum Gasteiger partial charge on any atom is -0.497 e.